The number of allylic oxidation sites excluding steroid dienone is 1. The zero-order valence-electron chi connectivity index (χ0n) is 9.30. The van der Waals surface area contributed by atoms with Gasteiger partial charge in [0.15, 0.2) is 0 Å². The Hall–Kier alpha value is -0.590. The Kier molecular flexibility index (Phi) is 4.92. The molecule has 0 saturated heterocycles. The highest BCUT2D eigenvalue weighted by Gasteiger charge is 2.26. The molecule has 1 aliphatic rings. The molecule has 0 radical (unpaired) electrons. The lowest BCUT2D eigenvalue weighted by Gasteiger charge is -2.26. The smallest absolute Gasteiger partial charge is 0.136 e. The molecule has 1 fully saturated rings. The molecular weight excluding hydrogens is 172 g/mol. The van der Waals surface area contributed by atoms with Gasteiger partial charge in [0, 0.05) is 12.3 Å². The summed E-state index contributed by atoms with van der Waals surface area (Å²) in [4.78, 5) is 11.9. The van der Waals surface area contributed by atoms with E-state index in [1.165, 1.54) is 19.3 Å². The van der Waals surface area contributed by atoms with Crippen molar-refractivity contribution in [1.29, 1.82) is 0 Å². The first-order chi connectivity index (χ1) is 6.79. The molecule has 0 heterocycles. The molecule has 0 unspecified atom stereocenters. The summed E-state index contributed by atoms with van der Waals surface area (Å²) in [6.07, 6.45) is 9.62. The zero-order chi connectivity index (χ0) is 10.4. The molecule has 0 bridgehead atoms. The Morgan fingerprint density at radius 2 is 2.21 bits per heavy atom. The van der Waals surface area contributed by atoms with Gasteiger partial charge in [0.25, 0.3) is 0 Å². The normalized spacial score (nSPS) is 29.4. The van der Waals surface area contributed by atoms with E-state index in [2.05, 4.69) is 13.5 Å². The minimum Gasteiger partial charge on any atom is -0.299 e. The average molecular weight is 194 g/mol. The van der Waals surface area contributed by atoms with Crippen molar-refractivity contribution in [2.75, 3.05) is 0 Å². The monoisotopic (exact) mass is 194 g/mol. The predicted octanol–water partition coefficient (Wildman–Crippen LogP) is 3.74. The van der Waals surface area contributed by atoms with Gasteiger partial charge in [-0.3, -0.25) is 4.79 Å². The van der Waals surface area contributed by atoms with Crippen LogP contribution in [0.15, 0.2) is 12.7 Å². The second-order valence-electron chi connectivity index (χ2n) is 4.36. The molecule has 1 saturated carbocycles. The highest BCUT2D eigenvalue weighted by Crippen LogP contribution is 2.30. The molecule has 0 amide bonds. The van der Waals surface area contributed by atoms with Crippen LogP contribution in [0.5, 0.6) is 0 Å². The molecule has 14 heavy (non-hydrogen) atoms. The topological polar surface area (TPSA) is 17.1 Å². The fraction of sp³-hybridized carbons (Fsp3) is 0.769. The first-order valence-electron chi connectivity index (χ1n) is 5.93. The molecule has 0 aliphatic heterocycles. The quantitative estimate of drug-likeness (QED) is 0.625. The third-order valence-corrected chi connectivity index (χ3v) is 3.43. The fourth-order valence-corrected chi connectivity index (χ4v) is 2.52. The van der Waals surface area contributed by atoms with Crippen molar-refractivity contribution >= 4 is 5.78 Å². The summed E-state index contributed by atoms with van der Waals surface area (Å²) in [5, 5.41) is 0. The van der Waals surface area contributed by atoms with Gasteiger partial charge in [0.1, 0.15) is 5.78 Å². The Morgan fingerprint density at radius 3 is 2.86 bits per heavy atom. The highest BCUT2D eigenvalue weighted by atomic mass is 16.1. The SMILES string of the molecule is C=CC[C@H]1C(=O)CCCCC[C@@H]1CC. The lowest BCUT2D eigenvalue weighted by Crippen LogP contribution is -2.24. The second-order valence-corrected chi connectivity index (χ2v) is 4.36. The van der Waals surface area contributed by atoms with E-state index < -0.39 is 0 Å². The average Bonchev–Trinajstić information content (AvgIpc) is 2.18. The van der Waals surface area contributed by atoms with Crippen LogP contribution in [-0.4, -0.2) is 5.78 Å². The van der Waals surface area contributed by atoms with Gasteiger partial charge in [-0.05, 0) is 25.2 Å². The third-order valence-electron chi connectivity index (χ3n) is 3.43. The molecule has 1 heteroatoms. The van der Waals surface area contributed by atoms with Crippen LogP contribution in [0.4, 0.5) is 0 Å². The van der Waals surface area contributed by atoms with E-state index in [9.17, 15) is 4.79 Å². The van der Waals surface area contributed by atoms with Crippen molar-refractivity contribution in [2.45, 2.75) is 51.9 Å². The van der Waals surface area contributed by atoms with Crippen molar-refractivity contribution in [1.82, 2.24) is 0 Å². The number of hydrogen-bond donors (Lipinski definition) is 0. The summed E-state index contributed by atoms with van der Waals surface area (Å²) in [6, 6.07) is 0. The number of carbonyl (C=O) groups excluding carboxylic acids is 1. The zero-order valence-corrected chi connectivity index (χ0v) is 9.30. The number of carbonyl (C=O) groups is 1. The lowest BCUT2D eigenvalue weighted by atomic mass is 9.78. The molecule has 0 aromatic carbocycles. The summed E-state index contributed by atoms with van der Waals surface area (Å²) in [6.45, 7) is 5.96. The van der Waals surface area contributed by atoms with Gasteiger partial charge < -0.3 is 0 Å². The molecule has 2 atom stereocenters. The van der Waals surface area contributed by atoms with Crippen molar-refractivity contribution in [2.24, 2.45) is 11.8 Å². The van der Waals surface area contributed by atoms with E-state index >= 15 is 0 Å². The van der Waals surface area contributed by atoms with Gasteiger partial charge in [-0.2, -0.15) is 0 Å². The van der Waals surface area contributed by atoms with Crippen molar-refractivity contribution in [3.63, 3.8) is 0 Å². The van der Waals surface area contributed by atoms with Gasteiger partial charge >= 0.3 is 0 Å². The predicted molar refractivity (Wildman–Crippen MR) is 60.2 cm³/mol. The molecule has 0 N–H and O–H groups in total. The van der Waals surface area contributed by atoms with Gasteiger partial charge in [-0.1, -0.05) is 32.3 Å². The van der Waals surface area contributed by atoms with E-state index in [0.29, 0.717) is 11.7 Å². The number of rotatable bonds is 3. The van der Waals surface area contributed by atoms with Crippen molar-refractivity contribution in [3.05, 3.63) is 12.7 Å². The molecule has 0 spiro atoms. The standard InChI is InChI=1S/C13H22O/c1-3-8-12-11(4-2)9-6-5-7-10-13(12)14/h3,11-12H,1,4-10H2,2H3/t11-,12+/m0/s1. The number of ketones is 1. The molecule has 80 valence electrons. The van der Waals surface area contributed by atoms with Gasteiger partial charge in [-0.15, -0.1) is 6.58 Å². The molecule has 0 aromatic rings. The van der Waals surface area contributed by atoms with Gasteiger partial charge in [-0.25, -0.2) is 0 Å². The van der Waals surface area contributed by atoms with E-state index in [1.54, 1.807) is 0 Å². The van der Waals surface area contributed by atoms with Crippen LogP contribution in [-0.2, 0) is 4.79 Å². The van der Waals surface area contributed by atoms with Crippen LogP contribution in [0, 0.1) is 11.8 Å². The van der Waals surface area contributed by atoms with Crippen LogP contribution >= 0.6 is 0 Å². The number of hydrogen-bond acceptors (Lipinski definition) is 1. The van der Waals surface area contributed by atoms with E-state index in [4.69, 9.17) is 0 Å². The molecule has 0 aromatic heterocycles. The molecule has 1 nitrogen and oxygen atoms in total. The number of Topliss-reactive ketones (excluding diaryl/α,β-unsaturated/α-hetero) is 1. The van der Waals surface area contributed by atoms with E-state index in [1.807, 2.05) is 6.08 Å². The van der Waals surface area contributed by atoms with Gasteiger partial charge in [0.05, 0.1) is 0 Å². The minimum atomic E-state index is 0.276. The second kappa shape index (κ2) is 6.00. The fourth-order valence-electron chi connectivity index (χ4n) is 2.52. The van der Waals surface area contributed by atoms with Crippen LogP contribution in [0.1, 0.15) is 51.9 Å². The summed E-state index contributed by atoms with van der Waals surface area (Å²) in [7, 11) is 0. The molecule has 1 aliphatic carbocycles. The first kappa shape index (κ1) is 11.5. The summed E-state index contributed by atoms with van der Waals surface area (Å²) < 4.78 is 0. The van der Waals surface area contributed by atoms with Crippen LogP contribution < -0.4 is 0 Å². The first-order valence-corrected chi connectivity index (χ1v) is 5.93. The third kappa shape index (κ3) is 2.97. The van der Waals surface area contributed by atoms with Crippen molar-refractivity contribution in [3.8, 4) is 0 Å². The Bertz CT molecular complexity index is 195. The van der Waals surface area contributed by atoms with Gasteiger partial charge in [0.2, 0.25) is 0 Å². The summed E-state index contributed by atoms with van der Waals surface area (Å²) in [5.41, 5.74) is 0. The van der Waals surface area contributed by atoms with E-state index in [0.717, 1.165) is 25.7 Å². The maximum Gasteiger partial charge on any atom is 0.136 e. The minimum absolute atomic E-state index is 0.276. The Morgan fingerprint density at radius 1 is 1.43 bits per heavy atom. The summed E-state index contributed by atoms with van der Waals surface area (Å²) >= 11 is 0. The largest absolute Gasteiger partial charge is 0.299 e. The lowest BCUT2D eigenvalue weighted by molar-refractivity contribution is -0.125. The maximum atomic E-state index is 11.9. The maximum absolute atomic E-state index is 11.9. The van der Waals surface area contributed by atoms with Crippen molar-refractivity contribution < 1.29 is 4.79 Å². The van der Waals surface area contributed by atoms with E-state index in [-0.39, 0.29) is 5.92 Å². The summed E-state index contributed by atoms with van der Waals surface area (Å²) in [5.74, 6) is 1.37. The highest BCUT2D eigenvalue weighted by molar-refractivity contribution is 5.81. The Balaban J connectivity index is 2.65. The van der Waals surface area contributed by atoms with Crippen LogP contribution in [0.3, 0.4) is 0 Å². The molecular formula is C13H22O. The molecule has 1 rings (SSSR count). The van der Waals surface area contributed by atoms with Crippen LogP contribution in [0.2, 0.25) is 0 Å². The van der Waals surface area contributed by atoms with Crippen LogP contribution in [0.25, 0.3) is 0 Å². The Labute approximate surface area is 87.6 Å².